The molecule has 0 aromatic heterocycles. The van der Waals surface area contributed by atoms with Gasteiger partial charge in [-0.25, -0.2) is 5.43 Å². The molecule has 0 saturated heterocycles. The molecule has 1 amide bonds. The van der Waals surface area contributed by atoms with Gasteiger partial charge in [0.1, 0.15) is 5.75 Å². The second kappa shape index (κ2) is 7.93. The van der Waals surface area contributed by atoms with Crippen LogP contribution in [0.5, 0.6) is 5.75 Å². The van der Waals surface area contributed by atoms with E-state index in [2.05, 4.69) is 15.8 Å². The zero-order valence-electron chi connectivity index (χ0n) is 12.3. The van der Waals surface area contributed by atoms with Crippen molar-refractivity contribution in [3.63, 3.8) is 0 Å². The fourth-order valence-electron chi connectivity index (χ4n) is 1.75. The van der Waals surface area contributed by atoms with Crippen molar-refractivity contribution < 1.29 is 14.8 Å². The molecule has 3 N–H and O–H groups in total. The molecule has 8 nitrogen and oxygen atoms in total. The number of aromatic hydroxyl groups is 1. The maximum atomic E-state index is 11.7. The second-order valence-corrected chi connectivity index (χ2v) is 5.03. The number of hydrogen-bond donors (Lipinski definition) is 3. The summed E-state index contributed by atoms with van der Waals surface area (Å²) in [6.45, 7) is -0.0675. The number of anilines is 1. The minimum absolute atomic E-state index is 0.0675. The van der Waals surface area contributed by atoms with E-state index in [4.69, 9.17) is 11.6 Å². The molecule has 0 spiro atoms. The van der Waals surface area contributed by atoms with Crippen molar-refractivity contribution in [1.82, 2.24) is 5.43 Å². The van der Waals surface area contributed by atoms with Crippen LogP contribution in [0, 0.1) is 10.1 Å². The van der Waals surface area contributed by atoms with Gasteiger partial charge in [0.15, 0.2) is 0 Å². The molecule has 124 valence electrons. The number of amides is 1. The van der Waals surface area contributed by atoms with Crippen LogP contribution in [0.4, 0.5) is 11.4 Å². The molecule has 2 aromatic rings. The Kier molecular flexibility index (Phi) is 5.69. The predicted molar refractivity (Wildman–Crippen MR) is 90.4 cm³/mol. The monoisotopic (exact) mass is 348 g/mol. The Balaban J connectivity index is 1.92. The summed E-state index contributed by atoms with van der Waals surface area (Å²) in [5.74, 6) is -0.635. The van der Waals surface area contributed by atoms with Gasteiger partial charge >= 0.3 is 0 Å². The normalized spacial score (nSPS) is 10.5. The zero-order chi connectivity index (χ0) is 17.5. The zero-order valence-corrected chi connectivity index (χ0v) is 13.0. The van der Waals surface area contributed by atoms with Crippen LogP contribution < -0.4 is 10.7 Å². The number of para-hydroxylation sites is 1. The quantitative estimate of drug-likeness (QED) is 0.421. The molecular formula is C15H13ClN4O4. The number of nitro groups is 1. The molecule has 2 rings (SSSR count). The summed E-state index contributed by atoms with van der Waals surface area (Å²) in [5.41, 5.74) is 2.77. The van der Waals surface area contributed by atoms with Crippen LogP contribution in [0.2, 0.25) is 5.02 Å². The molecule has 9 heteroatoms. The number of benzene rings is 2. The SMILES string of the molecule is O=C(CNc1ccccc1Cl)N/N=C/c1cc([N+](=O)[O-])ccc1O. The van der Waals surface area contributed by atoms with Gasteiger partial charge < -0.3 is 10.4 Å². The molecule has 0 heterocycles. The third-order valence-electron chi connectivity index (χ3n) is 2.93. The predicted octanol–water partition coefficient (Wildman–Crippen LogP) is 2.52. The number of hydrogen-bond acceptors (Lipinski definition) is 6. The molecular weight excluding hydrogens is 336 g/mol. The summed E-state index contributed by atoms with van der Waals surface area (Å²) in [5, 5.41) is 27.3. The van der Waals surface area contributed by atoms with E-state index in [1.807, 2.05) is 0 Å². The molecule has 0 fully saturated rings. The number of carbonyl (C=O) groups excluding carboxylic acids is 1. The first-order valence-corrected chi connectivity index (χ1v) is 7.13. The fraction of sp³-hybridized carbons (Fsp3) is 0.0667. The lowest BCUT2D eigenvalue weighted by Gasteiger charge is -2.06. The molecule has 2 aromatic carbocycles. The van der Waals surface area contributed by atoms with Crippen molar-refractivity contribution >= 4 is 35.1 Å². The Bertz CT molecular complexity index is 795. The van der Waals surface area contributed by atoms with Crippen molar-refractivity contribution in [2.24, 2.45) is 5.10 Å². The number of nitro benzene ring substituents is 1. The Morgan fingerprint density at radius 3 is 2.79 bits per heavy atom. The second-order valence-electron chi connectivity index (χ2n) is 4.63. The summed E-state index contributed by atoms with van der Waals surface area (Å²) < 4.78 is 0. The van der Waals surface area contributed by atoms with Gasteiger partial charge in [-0.05, 0) is 18.2 Å². The summed E-state index contributed by atoms with van der Waals surface area (Å²) in [7, 11) is 0. The first-order chi connectivity index (χ1) is 11.5. The van der Waals surface area contributed by atoms with E-state index in [0.717, 1.165) is 12.3 Å². The van der Waals surface area contributed by atoms with Gasteiger partial charge in [-0.3, -0.25) is 14.9 Å². The third kappa shape index (κ3) is 4.68. The van der Waals surface area contributed by atoms with Gasteiger partial charge in [-0.15, -0.1) is 0 Å². The first kappa shape index (κ1) is 17.2. The fourth-order valence-corrected chi connectivity index (χ4v) is 1.95. The average molecular weight is 349 g/mol. The van der Waals surface area contributed by atoms with Crippen LogP contribution in [0.15, 0.2) is 47.6 Å². The van der Waals surface area contributed by atoms with Crippen LogP contribution in [0.1, 0.15) is 5.56 Å². The van der Waals surface area contributed by atoms with E-state index in [9.17, 15) is 20.0 Å². The van der Waals surface area contributed by atoms with Gasteiger partial charge in [0, 0.05) is 17.7 Å². The Labute approximate surface area is 141 Å². The molecule has 0 aliphatic heterocycles. The van der Waals surface area contributed by atoms with Crippen molar-refractivity contribution in [1.29, 1.82) is 0 Å². The molecule has 0 radical (unpaired) electrons. The summed E-state index contributed by atoms with van der Waals surface area (Å²) in [6.07, 6.45) is 1.12. The number of non-ortho nitro benzene ring substituents is 1. The summed E-state index contributed by atoms with van der Waals surface area (Å²) in [4.78, 5) is 21.8. The minimum Gasteiger partial charge on any atom is -0.507 e. The molecule has 0 bridgehead atoms. The number of nitrogens with zero attached hydrogens (tertiary/aromatic N) is 2. The summed E-state index contributed by atoms with van der Waals surface area (Å²) in [6, 6.07) is 10.4. The van der Waals surface area contributed by atoms with Crippen molar-refractivity contribution in [2.75, 3.05) is 11.9 Å². The Morgan fingerprint density at radius 1 is 1.33 bits per heavy atom. The maximum Gasteiger partial charge on any atom is 0.270 e. The molecule has 0 saturated carbocycles. The van der Waals surface area contributed by atoms with Gasteiger partial charge in [0.2, 0.25) is 0 Å². The lowest BCUT2D eigenvalue weighted by atomic mass is 10.2. The first-order valence-electron chi connectivity index (χ1n) is 6.75. The number of halogens is 1. The number of phenols is 1. The number of nitrogens with one attached hydrogen (secondary N) is 2. The minimum atomic E-state index is -0.594. The van der Waals surface area contributed by atoms with Gasteiger partial charge in [-0.1, -0.05) is 23.7 Å². The van der Waals surface area contributed by atoms with Crippen LogP contribution in [0.3, 0.4) is 0 Å². The lowest BCUT2D eigenvalue weighted by Crippen LogP contribution is -2.25. The maximum absolute atomic E-state index is 11.7. The third-order valence-corrected chi connectivity index (χ3v) is 3.26. The number of hydrazone groups is 1. The molecule has 0 atom stereocenters. The number of carbonyl (C=O) groups is 1. The molecule has 0 aliphatic carbocycles. The van der Waals surface area contributed by atoms with E-state index in [0.29, 0.717) is 10.7 Å². The molecule has 24 heavy (non-hydrogen) atoms. The summed E-state index contributed by atoms with van der Waals surface area (Å²) >= 11 is 5.94. The average Bonchev–Trinajstić information content (AvgIpc) is 2.55. The topological polar surface area (TPSA) is 117 Å². The van der Waals surface area contributed by atoms with E-state index in [1.165, 1.54) is 12.1 Å². The highest BCUT2D eigenvalue weighted by Gasteiger charge is 2.09. The van der Waals surface area contributed by atoms with Crippen LogP contribution in [0.25, 0.3) is 0 Å². The Hall–Kier alpha value is -3.13. The molecule has 0 unspecified atom stereocenters. The number of rotatable bonds is 6. The van der Waals surface area contributed by atoms with E-state index in [-0.39, 0.29) is 23.5 Å². The van der Waals surface area contributed by atoms with Crippen LogP contribution >= 0.6 is 11.6 Å². The van der Waals surface area contributed by atoms with Gasteiger partial charge in [0.05, 0.1) is 28.4 Å². The van der Waals surface area contributed by atoms with E-state index in [1.54, 1.807) is 24.3 Å². The van der Waals surface area contributed by atoms with Crippen molar-refractivity contribution in [2.45, 2.75) is 0 Å². The highest BCUT2D eigenvalue weighted by atomic mass is 35.5. The van der Waals surface area contributed by atoms with Crippen LogP contribution in [-0.4, -0.2) is 28.7 Å². The highest BCUT2D eigenvalue weighted by molar-refractivity contribution is 6.33. The Morgan fingerprint density at radius 2 is 2.08 bits per heavy atom. The van der Waals surface area contributed by atoms with E-state index >= 15 is 0 Å². The number of phenolic OH excluding ortho intramolecular Hbond substituents is 1. The van der Waals surface area contributed by atoms with Gasteiger partial charge in [0.25, 0.3) is 11.6 Å². The van der Waals surface area contributed by atoms with Gasteiger partial charge in [-0.2, -0.15) is 5.10 Å². The van der Waals surface area contributed by atoms with Crippen LogP contribution in [-0.2, 0) is 4.79 Å². The largest absolute Gasteiger partial charge is 0.507 e. The van der Waals surface area contributed by atoms with E-state index < -0.39 is 10.8 Å². The van der Waals surface area contributed by atoms with Crippen molar-refractivity contribution in [3.8, 4) is 5.75 Å². The smallest absolute Gasteiger partial charge is 0.270 e. The van der Waals surface area contributed by atoms with Crippen molar-refractivity contribution in [3.05, 3.63) is 63.2 Å². The lowest BCUT2D eigenvalue weighted by molar-refractivity contribution is -0.384. The highest BCUT2D eigenvalue weighted by Crippen LogP contribution is 2.21. The standard InChI is InChI=1S/C15H13ClN4O4/c16-12-3-1-2-4-13(12)17-9-15(22)19-18-8-10-7-11(20(23)24)5-6-14(10)21/h1-8,17,21H,9H2,(H,19,22)/b18-8+. The molecule has 0 aliphatic rings.